The van der Waals surface area contributed by atoms with Crippen LogP contribution in [0.15, 0.2) is 18.2 Å². The molecule has 1 radical (unpaired) electrons. The molecule has 0 aliphatic heterocycles. The number of aromatic nitrogens is 1. The average molecular weight is 160 g/mol. The van der Waals surface area contributed by atoms with Crippen molar-refractivity contribution in [3.63, 3.8) is 0 Å². The molecule has 0 aliphatic carbocycles. The Morgan fingerprint density at radius 2 is 2.25 bits per heavy atom. The number of ether oxygens (including phenoxy) is 1. The van der Waals surface area contributed by atoms with E-state index < -0.39 is 0 Å². The molecule has 0 aliphatic rings. The summed E-state index contributed by atoms with van der Waals surface area (Å²) in [6.07, 6.45) is 2.94. The van der Waals surface area contributed by atoms with Gasteiger partial charge in [0.1, 0.15) is 5.75 Å². The zero-order chi connectivity index (χ0) is 8.55. The lowest BCUT2D eigenvalue weighted by molar-refractivity contribution is 0.412. The van der Waals surface area contributed by atoms with E-state index in [0.717, 1.165) is 16.8 Å². The van der Waals surface area contributed by atoms with E-state index in [1.54, 1.807) is 7.11 Å². The predicted octanol–water partition coefficient (Wildman–Crippen LogP) is 2.29. The molecule has 12 heavy (non-hydrogen) atoms. The van der Waals surface area contributed by atoms with Gasteiger partial charge in [0.05, 0.1) is 13.3 Å². The highest BCUT2D eigenvalue weighted by molar-refractivity contribution is 5.81. The molecule has 0 fully saturated rings. The quantitative estimate of drug-likeness (QED) is 0.680. The predicted molar refractivity (Wildman–Crippen MR) is 48.4 cm³/mol. The third kappa shape index (κ3) is 0.961. The minimum absolute atomic E-state index is 0.915. The average Bonchev–Trinajstić information content (AvgIpc) is 2.49. The summed E-state index contributed by atoms with van der Waals surface area (Å²) in [5.41, 5.74) is 2.22. The smallest absolute Gasteiger partial charge is 0.123 e. The summed E-state index contributed by atoms with van der Waals surface area (Å²) in [5.74, 6) is 0.915. The number of nitrogens with one attached hydrogen (secondary N) is 1. The van der Waals surface area contributed by atoms with Gasteiger partial charge in [-0.1, -0.05) is 0 Å². The van der Waals surface area contributed by atoms with Crippen LogP contribution in [0.25, 0.3) is 10.9 Å². The van der Waals surface area contributed by atoms with E-state index in [2.05, 4.69) is 17.2 Å². The van der Waals surface area contributed by atoms with Gasteiger partial charge >= 0.3 is 0 Å². The third-order valence-corrected chi connectivity index (χ3v) is 2.00. The molecule has 0 unspecified atom stereocenters. The van der Waals surface area contributed by atoms with Crippen LogP contribution in [0.5, 0.6) is 5.75 Å². The van der Waals surface area contributed by atoms with Gasteiger partial charge in [0.25, 0.3) is 0 Å². The van der Waals surface area contributed by atoms with Crippen molar-refractivity contribution in [2.24, 2.45) is 0 Å². The van der Waals surface area contributed by atoms with Crippen molar-refractivity contribution in [1.29, 1.82) is 0 Å². The molecule has 2 aromatic rings. The molecule has 0 saturated heterocycles. The van der Waals surface area contributed by atoms with Gasteiger partial charge in [0, 0.05) is 17.0 Å². The van der Waals surface area contributed by atoms with Crippen LogP contribution >= 0.6 is 0 Å². The van der Waals surface area contributed by atoms with E-state index in [-0.39, 0.29) is 0 Å². The van der Waals surface area contributed by atoms with Crippen LogP contribution in [0.2, 0.25) is 0 Å². The Hall–Kier alpha value is -1.44. The maximum Gasteiger partial charge on any atom is 0.123 e. The molecule has 0 amide bonds. The monoisotopic (exact) mass is 160 g/mol. The van der Waals surface area contributed by atoms with Gasteiger partial charge in [0.2, 0.25) is 0 Å². The van der Waals surface area contributed by atoms with Crippen molar-refractivity contribution in [2.45, 2.75) is 6.92 Å². The van der Waals surface area contributed by atoms with Crippen LogP contribution in [0, 0.1) is 13.1 Å². The fourth-order valence-electron chi connectivity index (χ4n) is 1.35. The molecule has 0 atom stereocenters. The molecule has 1 heterocycles. The highest BCUT2D eigenvalue weighted by Crippen LogP contribution is 2.23. The molecule has 0 spiro atoms. The van der Waals surface area contributed by atoms with Gasteiger partial charge in [-0.2, -0.15) is 0 Å². The first kappa shape index (κ1) is 7.22. The van der Waals surface area contributed by atoms with Crippen molar-refractivity contribution >= 4 is 10.9 Å². The van der Waals surface area contributed by atoms with Gasteiger partial charge in [-0.05, 0) is 24.6 Å². The molecule has 2 rings (SSSR count). The van der Waals surface area contributed by atoms with Gasteiger partial charge < -0.3 is 9.72 Å². The number of aromatic amines is 1. The second-order valence-corrected chi connectivity index (χ2v) is 2.82. The minimum atomic E-state index is 0.915. The van der Waals surface area contributed by atoms with Crippen molar-refractivity contribution in [3.05, 3.63) is 30.0 Å². The summed E-state index contributed by atoms with van der Waals surface area (Å²) >= 11 is 0. The normalized spacial score (nSPS) is 10.5. The summed E-state index contributed by atoms with van der Waals surface area (Å²) in [6, 6.07) is 6.00. The summed E-state index contributed by atoms with van der Waals surface area (Å²) in [6.45, 7) is 2.03. The first-order valence-electron chi connectivity index (χ1n) is 3.84. The second kappa shape index (κ2) is 2.55. The standard InChI is InChI=1S/C10H10NO/c1-7-5-8-3-4-11-9(8)6-10(7)12-2/h3,5-6,11H,1-2H3. The van der Waals surface area contributed by atoms with Crippen LogP contribution in [0.3, 0.4) is 0 Å². The van der Waals surface area contributed by atoms with E-state index in [4.69, 9.17) is 4.74 Å². The van der Waals surface area contributed by atoms with Crippen LogP contribution < -0.4 is 4.74 Å². The topological polar surface area (TPSA) is 25.0 Å². The minimum Gasteiger partial charge on any atom is -0.496 e. The lowest BCUT2D eigenvalue weighted by Gasteiger charge is -2.03. The SMILES string of the molecule is COc1cc2[nH][c]cc2cc1C. The number of benzene rings is 1. The van der Waals surface area contributed by atoms with Crippen LogP contribution in [0.1, 0.15) is 5.56 Å². The number of methoxy groups -OCH3 is 1. The van der Waals surface area contributed by atoms with E-state index in [9.17, 15) is 0 Å². The van der Waals surface area contributed by atoms with E-state index >= 15 is 0 Å². The lowest BCUT2D eigenvalue weighted by Crippen LogP contribution is -1.86. The summed E-state index contributed by atoms with van der Waals surface area (Å²) < 4.78 is 5.19. The maximum absolute atomic E-state index is 5.19. The number of aryl methyl sites for hydroxylation is 1. The Balaban J connectivity index is 2.73. The fraction of sp³-hybridized carbons (Fsp3) is 0.200. The molecular formula is C10H10NO. The van der Waals surface area contributed by atoms with Crippen LogP contribution in [-0.2, 0) is 0 Å². The molecule has 0 saturated carbocycles. The Labute approximate surface area is 71.2 Å². The Morgan fingerprint density at radius 3 is 3.00 bits per heavy atom. The van der Waals surface area contributed by atoms with Crippen molar-refractivity contribution in [3.8, 4) is 5.75 Å². The molecule has 2 nitrogen and oxygen atoms in total. The number of H-pyrrole nitrogens is 1. The summed E-state index contributed by atoms with van der Waals surface area (Å²) in [4.78, 5) is 3.02. The van der Waals surface area contributed by atoms with Crippen LogP contribution in [0.4, 0.5) is 0 Å². The molecule has 2 heteroatoms. The van der Waals surface area contributed by atoms with Gasteiger partial charge in [-0.3, -0.25) is 0 Å². The molecule has 1 aromatic heterocycles. The number of hydrogen-bond donors (Lipinski definition) is 1. The molecule has 1 N–H and O–H groups in total. The van der Waals surface area contributed by atoms with Crippen molar-refractivity contribution < 1.29 is 4.74 Å². The molecule has 61 valence electrons. The van der Waals surface area contributed by atoms with Gasteiger partial charge in [-0.25, -0.2) is 0 Å². The largest absolute Gasteiger partial charge is 0.496 e. The lowest BCUT2D eigenvalue weighted by atomic mass is 10.1. The fourth-order valence-corrected chi connectivity index (χ4v) is 1.35. The first-order chi connectivity index (χ1) is 5.81. The zero-order valence-corrected chi connectivity index (χ0v) is 7.14. The van der Waals surface area contributed by atoms with Gasteiger partial charge in [0.15, 0.2) is 0 Å². The second-order valence-electron chi connectivity index (χ2n) is 2.82. The first-order valence-corrected chi connectivity index (χ1v) is 3.84. The van der Waals surface area contributed by atoms with Gasteiger partial charge in [-0.15, -0.1) is 0 Å². The Morgan fingerprint density at radius 1 is 1.42 bits per heavy atom. The molecular weight excluding hydrogens is 150 g/mol. The summed E-state index contributed by atoms with van der Waals surface area (Å²) in [5, 5.41) is 1.17. The van der Waals surface area contributed by atoms with Crippen LogP contribution in [-0.4, -0.2) is 12.1 Å². The van der Waals surface area contributed by atoms with E-state index in [0.29, 0.717) is 0 Å². The zero-order valence-electron chi connectivity index (χ0n) is 7.14. The third-order valence-electron chi connectivity index (χ3n) is 2.00. The Kier molecular flexibility index (Phi) is 1.54. The number of hydrogen-bond acceptors (Lipinski definition) is 1. The highest BCUT2D eigenvalue weighted by atomic mass is 16.5. The number of rotatable bonds is 1. The maximum atomic E-state index is 5.19. The van der Waals surface area contributed by atoms with Crippen molar-refractivity contribution in [2.75, 3.05) is 7.11 Å². The van der Waals surface area contributed by atoms with E-state index in [1.165, 1.54) is 5.39 Å². The van der Waals surface area contributed by atoms with Crippen molar-refractivity contribution in [1.82, 2.24) is 4.98 Å². The highest BCUT2D eigenvalue weighted by Gasteiger charge is 2.00. The summed E-state index contributed by atoms with van der Waals surface area (Å²) in [7, 11) is 1.68. The Bertz CT molecular complexity index is 403. The number of fused-ring (bicyclic) bond motifs is 1. The molecule has 0 bridgehead atoms. The molecule has 1 aromatic carbocycles. The van der Waals surface area contributed by atoms with E-state index in [1.807, 2.05) is 19.1 Å².